The van der Waals surface area contributed by atoms with Crippen molar-refractivity contribution in [2.45, 2.75) is 19.4 Å². The normalized spacial score (nSPS) is 17.4. The SMILES string of the molecule is CCN(C)CCNC(=NC)NC1CCN(c2ccccc2OC)C1.I. The first kappa shape index (κ1) is 21.8. The number of nitrogens with zero attached hydrogens (tertiary/aromatic N) is 3. The fourth-order valence-corrected chi connectivity index (χ4v) is 2.90. The van der Waals surface area contributed by atoms with Gasteiger partial charge in [-0.15, -0.1) is 24.0 Å². The molecule has 0 aromatic heterocycles. The molecule has 1 unspecified atom stereocenters. The standard InChI is InChI=1S/C18H31N5O.HI/c1-5-22(3)13-11-20-18(19-2)21-15-10-12-23(14-15)16-8-6-7-9-17(16)24-4;/h6-9,15H,5,10-14H2,1-4H3,(H2,19,20,21);1H. The summed E-state index contributed by atoms with van der Waals surface area (Å²) in [6.07, 6.45) is 1.09. The van der Waals surface area contributed by atoms with E-state index in [0.29, 0.717) is 6.04 Å². The summed E-state index contributed by atoms with van der Waals surface area (Å²) in [6.45, 7) is 7.11. The lowest BCUT2D eigenvalue weighted by Gasteiger charge is -2.22. The van der Waals surface area contributed by atoms with Gasteiger partial charge in [-0.1, -0.05) is 19.1 Å². The molecule has 25 heavy (non-hydrogen) atoms. The number of guanidine groups is 1. The number of ether oxygens (including phenoxy) is 1. The molecule has 1 aliphatic heterocycles. The number of nitrogens with one attached hydrogen (secondary N) is 2. The van der Waals surface area contributed by atoms with Crippen LogP contribution in [0.3, 0.4) is 0 Å². The van der Waals surface area contributed by atoms with Crippen molar-refractivity contribution in [2.24, 2.45) is 4.99 Å². The number of benzene rings is 1. The number of anilines is 1. The molecule has 2 N–H and O–H groups in total. The molecule has 0 saturated carbocycles. The summed E-state index contributed by atoms with van der Waals surface area (Å²) in [4.78, 5) is 8.99. The Morgan fingerprint density at radius 1 is 1.40 bits per heavy atom. The van der Waals surface area contributed by atoms with Gasteiger partial charge in [0.15, 0.2) is 5.96 Å². The first-order valence-corrected chi connectivity index (χ1v) is 8.71. The van der Waals surface area contributed by atoms with Gasteiger partial charge in [0, 0.05) is 39.3 Å². The summed E-state index contributed by atoms with van der Waals surface area (Å²) < 4.78 is 5.48. The monoisotopic (exact) mass is 461 g/mol. The number of halogens is 1. The number of para-hydroxylation sites is 2. The van der Waals surface area contributed by atoms with Crippen LogP contribution in [0.1, 0.15) is 13.3 Å². The fraction of sp³-hybridized carbons (Fsp3) is 0.611. The highest BCUT2D eigenvalue weighted by molar-refractivity contribution is 14.0. The van der Waals surface area contributed by atoms with Crippen LogP contribution in [0.25, 0.3) is 0 Å². The van der Waals surface area contributed by atoms with E-state index in [9.17, 15) is 0 Å². The Kier molecular flexibility index (Phi) is 9.96. The molecule has 1 atom stereocenters. The molecule has 0 amide bonds. The zero-order valence-electron chi connectivity index (χ0n) is 15.8. The van der Waals surface area contributed by atoms with E-state index < -0.39 is 0 Å². The number of methoxy groups -OCH3 is 1. The molecule has 6 nitrogen and oxygen atoms in total. The topological polar surface area (TPSA) is 52.1 Å². The van der Waals surface area contributed by atoms with Crippen molar-refractivity contribution < 1.29 is 4.74 Å². The highest BCUT2D eigenvalue weighted by Gasteiger charge is 2.25. The van der Waals surface area contributed by atoms with Crippen molar-refractivity contribution in [2.75, 3.05) is 58.8 Å². The molecule has 1 aliphatic rings. The maximum absolute atomic E-state index is 5.48. The second-order valence-electron chi connectivity index (χ2n) is 6.14. The highest BCUT2D eigenvalue weighted by Crippen LogP contribution is 2.30. The minimum absolute atomic E-state index is 0. The van der Waals surface area contributed by atoms with Crippen LogP contribution in [0.2, 0.25) is 0 Å². The molecule has 1 heterocycles. The van der Waals surface area contributed by atoms with Gasteiger partial charge in [-0.2, -0.15) is 0 Å². The first-order chi connectivity index (χ1) is 11.7. The zero-order valence-corrected chi connectivity index (χ0v) is 18.1. The van der Waals surface area contributed by atoms with Crippen molar-refractivity contribution in [3.63, 3.8) is 0 Å². The third-order valence-electron chi connectivity index (χ3n) is 4.50. The summed E-state index contributed by atoms with van der Waals surface area (Å²) in [5.74, 6) is 1.81. The quantitative estimate of drug-likeness (QED) is 0.370. The van der Waals surface area contributed by atoms with Crippen LogP contribution in [-0.2, 0) is 0 Å². The Hall–Kier alpha value is -1.22. The van der Waals surface area contributed by atoms with E-state index >= 15 is 0 Å². The lowest BCUT2D eigenvalue weighted by atomic mass is 10.2. The summed E-state index contributed by atoms with van der Waals surface area (Å²) in [5.41, 5.74) is 1.16. The number of likely N-dealkylation sites (N-methyl/N-ethyl adjacent to an activating group) is 1. The van der Waals surface area contributed by atoms with Crippen LogP contribution >= 0.6 is 24.0 Å². The second-order valence-corrected chi connectivity index (χ2v) is 6.14. The predicted molar refractivity (Wildman–Crippen MR) is 117 cm³/mol. The Morgan fingerprint density at radius 2 is 2.16 bits per heavy atom. The maximum Gasteiger partial charge on any atom is 0.191 e. The third-order valence-corrected chi connectivity index (χ3v) is 4.50. The van der Waals surface area contributed by atoms with E-state index in [2.05, 4.69) is 51.5 Å². The summed E-state index contributed by atoms with van der Waals surface area (Å²) >= 11 is 0. The van der Waals surface area contributed by atoms with Crippen molar-refractivity contribution in [3.05, 3.63) is 24.3 Å². The van der Waals surface area contributed by atoms with E-state index in [4.69, 9.17) is 4.74 Å². The van der Waals surface area contributed by atoms with E-state index in [-0.39, 0.29) is 24.0 Å². The first-order valence-electron chi connectivity index (χ1n) is 8.71. The van der Waals surface area contributed by atoms with Gasteiger partial charge >= 0.3 is 0 Å². The third kappa shape index (κ3) is 6.54. The van der Waals surface area contributed by atoms with Gasteiger partial charge in [-0.3, -0.25) is 4.99 Å². The second kappa shape index (κ2) is 11.4. The molecule has 0 radical (unpaired) electrons. The van der Waals surface area contributed by atoms with E-state index in [1.54, 1.807) is 7.11 Å². The molecule has 7 heteroatoms. The molecular formula is C18H32IN5O. The lowest BCUT2D eigenvalue weighted by Crippen LogP contribution is -2.46. The van der Waals surface area contributed by atoms with Crippen LogP contribution in [0.15, 0.2) is 29.3 Å². The average Bonchev–Trinajstić information content (AvgIpc) is 3.08. The van der Waals surface area contributed by atoms with Crippen molar-refractivity contribution in [1.29, 1.82) is 0 Å². The molecule has 0 aliphatic carbocycles. The minimum atomic E-state index is 0. The Balaban J connectivity index is 0.00000312. The summed E-state index contributed by atoms with van der Waals surface area (Å²) in [6, 6.07) is 8.59. The van der Waals surface area contributed by atoms with Crippen LogP contribution in [0.5, 0.6) is 5.75 Å². The smallest absolute Gasteiger partial charge is 0.191 e. The highest BCUT2D eigenvalue weighted by atomic mass is 127. The zero-order chi connectivity index (χ0) is 17.4. The van der Waals surface area contributed by atoms with Crippen LogP contribution in [0, 0.1) is 0 Å². The molecule has 1 saturated heterocycles. The molecule has 2 rings (SSSR count). The van der Waals surface area contributed by atoms with E-state index in [1.165, 1.54) is 0 Å². The Labute approximate surface area is 169 Å². The summed E-state index contributed by atoms with van der Waals surface area (Å²) in [7, 11) is 5.68. The molecular weight excluding hydrogens is 429 g/mol. The van der Waals surface area contributed by atoms with Crippen LogP contribution < -0.4 is 20.3 Å². The summed E-state index contributed by atoms with van der Waals surface area (Å²) in [5, 5.41) is 6.93. The van der Waals surface area contributed by atoms with Gasteiger partial charge in [0.2, 0.25) is 0 Å². The van der Waals surface area contributed by atoms with Crippen LogP contribution in [-0.4, -0.2) is 70.8 Å². The van der Waals surface area contributed by atoms with Gasteiger partial charge in [0.05, 0.1) is 12.8 Å². The maximum atomic E-state index is 5.48. The van der Waals surface area contributed by atoms with Gasteiger partial charge < -0.3 is 25.2 Å². The molecule has 142 valence electrons. The number of hydrogen-bond donors (Lipinski definition) is 2. The predicted octanol–water partition coefficient (Wildman–Crippen LogP) is 2.01. The van der Waals surface area contributed by atoms with E-state index in [1.807, 2.05) is 19.2 Å². The molecule has 0 spiro atoms. The molecule has 1 fully saturated rings. The molecule has 0 bridgehead atoms. The van der Waals surface area contributed by atoms with Gasteiger partial charge in [-0.05, 0) is 32.1 Å². The van der Waals surface area contributed by atoms with Crippen LogP contribution in [0.4, 0.5) is 5.69 Å². The van der Waals surface area contributed by atoms with Gasteiger partial charge in [-0.25, -0.2) is 0 Å². The van der Waals surface area contributed by atoms with E-state index in [0.717, 1.165) is 56.5 Å². The number of aliphatic imine (C=N–C) groups is 1. The van der Waals surface area contributed by atoms with Crippen molar-refractivity contribution >= 4 is 35.6 Å². The minimum Gasteiger partial charge on any atom is -0.495 e. The fourth-order valence-electron chi connectivity index (χ4n) is 2.90. The van der Waals surface area contributed by atoms with Crippen molar-refractivity contribution in [1.82, 2.24) is 15.5 Å². The lowest BCUT2D eigenvalue weighted by molar-refractivity contribution is 0.357. The molecule has 1 aromatic rings. The van der Waals surface area contributed by atoms with Crippen molar-refractivity contribution in [3.8, 4) is 5.75 Å². The Morgan fingerprint density at radius 3 is 2.84 bits per heavy atom. The number of hydrogen-bond acceptors (Lipinski definition) is 4. The van der Waals surface area contributed by atoms with Gasteiger partial charge in [0.1, 0.15) is 5.75 Å². The number of rotatable bonds is 7. The van der Waals surface area contributed by atoms with Gasteiger partial charge in [0.25, 0.3) is 0 Å². The average molecular weight is 461 g/mol. The Bertz CT molecular complexity index is 540. The largest absolute Gasteiger partial charge is 0.495 e. The molecule has 1 aromatic carbocycles.